The molecule has 0 bridgehead atoms. The van der Waals surface area contributed by atoms with Crippen LogP contribution in [-0.2, 0) is 31.9 Å². The molecule has 8 heteroatoms. The van der Waals surface area contributed by atoms with Crippen LogP contribution >= 0.6 is 0 Å². The Morgan fingerprint density at radius 2 is 1.55 bits per heavy atom. The van der Waals surface area contributed by atoms with Crippen molar-refractivity contribution in [2.45, 2.75) is 64.1 Å². The van der Waals surface area contributed by atoms with Crippen molar-refractivity contribution in [3.05, 3.63) is 89.0 Å². The van der Waals surface area contributed by atoms with Gasteiger partial charge in [-0.2, -0.15) is 0 Å². The van der Waals surface area contributed by atoms with E-state index in [2.05, 4.69) is 12.2 Å². The van der Waals surface area contributed by atoms with E-state index in [0.717, 1.165) is 22.3 Å². The molecule has 3 aromatic carbocycles. The van der Waals surface area contributed by atoms with Crippen LogP contribution in [-0.4, -0.2) is 48.6 Å². The van der Waals surface area contributed by atoms with Gasteiger partial charge in [-0.25, -0.2) is 0 Å². The molecule has 2 aliphatic rings. The monoisotopic (exact) mass is 600 g/mol. The van der Waals surface area contributed by atoms with E-state index in [0.29, 0.717) is 43.6 Å². The van der Waals surface area contributed by atoms with Gasteiger partial charge in [0.25, 0.3) is 0 Å². The van der Waals surface area contributed by atoms with Gasteiger partial charge in [0.15, 0.2) is 23.0 Å². The van der Waals surface area contributed by atoms with Crippen molar-refractivity contribution >= 4 is 18.0 Å². The highest BCUT2D eigenvalue weighted by Crippen LogP contribution is 2.54. The van der Waals surface area contributed by atoms with Gasteiger partial charge in [0.2, 0.25) is 0 Å². The molecule has 0 aromatic heterocycles. The summed E-state index contributed by atoms with van der Waals surface area (Å²) in [6.07, 6.45) is 5.89. The van der Waals surface area contributed by atoms with E-state index in [4.69, 9.17) is 18.9 Å². The van der Waals surface area contributed by atoms with Gasteiger partial charge in [0.05, 0.1) is 14.2 Å². The van der Waals surface area contributed by atoms with E-state index in [1.165, 1.54) is 28.1 Å². The van der Waals surface area contributed by atoms with Crippen molar-refractivity contribution in [3.63, 3.8) is 0 Å². The SMILES string of the molecule is COc1cc([C@@H]2C[C@H](OC(C)=O)C[C@@H](OC(C)=O)[C@@H]3Cc4cc(OC)c(O)cc4C[C@@]3(/C=C/c3ccccc3)C2)ccc1O. The van der Waals surface area contributed by atoms with E-state index < -0.39 is 29.6 Å². The number of methoxy groups -OCH3 is 2. The summed E-state index contributed by atoms with van der Waals surface area (Å²) < 4.78 is 22.8. The van der Waals surface area contributed by atoms with Gasteiger partial charge in [0.1, 0.15) is 12.2 Å². The molecule has 0 unspecified atom stereocenters. The van der Waals surface area contributed by atoms with Gasteiger partial charge in [0, 0.05) is 26.2 Å². The Balaban J connectivity index is 1.71. The molecule has 0 aliphatic heterocycles. The zero-order valence-electron chi connectivity index (χ0n) is 25.6. The van der Waals surface area contributed by atoms with E-state index in [9.17, 15) is 19.8 Å². The molecule has 3 aromatic rings. The summed E-state index contributed by atoms with van der Waals surface area (Å²) in [5.41, 5.74) is 3.46. The molecule has 0 saturated heterocycles. The molecule has 0 amide bonds. The zero-order chi connectivity index (χ0) is 31.4. The van der Waals surface area contributed by atoms with Crippen molar-refractivity contribution in [1.29, 1.82) is 0 Å². The number of hydrogen-bond acceptors (Lipinski definition) is 8. The summed E-state index contributed by atoms with van der Waals surface area (Å²) in [6.45, 7) is 2.80. The molecular weight excluding hydrogens is 560 g/mol. The van der Waals surface area contributed by atoms with Crippen LogP contribution in [0.15, 0.2) is 66.7 Å². The molecule has 2 aliphatic carbocycles. The summed E-state index contributed by atoms with van der Waals surface area (Å²) in [5, 5.41) is 21.1. The highest BCUT2D eigenvalue weighted by Gasteiger charge is 2.50. The summed E-state index contributed by atoms with van der Waals surface area (Å²) in [6, 6.07) is 19.0. The Labute approximate surface area is 258 Å². The lowest BCUT2D eigenvalue weighted by molar-refractivity contribution is -0.160. The molecule has 0 radical (unpaired) electrons. The van der Waals surface area contributed by atoms with Crippen molar-refractivity contribution in [2.75, 3.05) is 14.2 Å². The molecule has 232 valence electrons. The number of phenols is 2. The average molecular weight is 601 g/mol. The molecule has 1 fully saturated rings. The van der Waals surface area contributed by atoms with Gasteiger partial charge in [-0.15, -0.1) is 0 Å². The Morgan fingerprint density at radius 3 is 2.23 bits per heavy atom. The first kappa shape index (κ1) is 31.0. The minimum atomic E-state index is -0.541. The first-order valence-electron chi connectivity index (χ1n) is 14.9. The maximum atomic E-state index is 12.5. The molecule has 44 heavy (non-hydrogen) atoms. The van der Waals surface area contributed by atoms with E-state index in [1.807, 2.05) is 48.5 Å². The number of aromatic hydroxyl groups is 2. The standard InChI is InChI=1S/C36H40O8/c1-22(37)43-29-14-27(25-10-11-31(39)34(17-25)41-3)20-36(13-12-24-8-6-5-7-9-24)21-28-16-32(40)35(42-4)18-26(28)15-30(36)33(19-29)44-23(2)38/h5-13,16-18,27,29-30,33,39-40H,14-15,19-21H2,1-4H3/b13-12+/t27-,29+,30+,33-,36-/m1/s1. The Morgan fingerprint density at radius 1 is 0.841 bits per heavy atom. The van der Waals surface area contributed by atoms with Crippen LogP contribution in [0.5, 0.6) is 23.0 Å². The van der Waals surface area contributed by atoms with Gasteiger partial charge in [-0.1, -0.05) is 48.6 Å². The molecule has 5 atom stereocenters. The maximum absolute atomic E-state index is 12.5. The zero-order valence-corrected chi connectivity index (χ0v) is 25.6. The number of fused-ring (bicyclic) bond motifs is 2. The fourth-order valence-electron chi connectivity index (χ4n) is 7.16. The number of rotatable bonds is 7. The second-order valence-corrected chi connectivity index (χ2v) is 11.9. The lowest BCUT2D eigenvalue weighted by Crippen LogP contribution is -2.49. The largest absolute Gasteiger partial charge is 0.504 e. The van der Waals surface area contributed by atoms with Gasteiger partial charge in [-0.05, 0) is 83.5 Å². The number of hydrogen-bond donors (Lipinski definition) is 2. The summed E-state index contributed by atoms with van der Waals surface area (Å²) in [4.78, 5) is 24.8. The highest BCUT2D eigenvalue weighted by atomic mass is 16.6. The third-order valence-corrected chi connectivity index (χ3v) is 9.05. The predicted molar refractivity (Wildman–Crippen MR) is 166 cm³/mol. The summed E-state index contributed by atoms with van der Waals surface area (Å²) >= 11 is 0. The third-order valence-electron chi connectivity index (χ3n) is 9.05. The molecule has 5 rings (SSSR count). The lowest BCUT2D eigenvalue weighted by Gasteiger charge is -2.50. The molecule has 2 N–H and O–H groups in total. The Hall–Kier alpha value is -4.46. The molecule has 8 nitrogen and oxygen atoms in total. The van der Waals surface area contributed by atoms with Crippen molar-refractivity contribution in [2.24, 2.45) is 11.3 Å². The quantitative estimate of drug-likeness (QED) is 0.302. The third kappa shape index (κ3) is 6.69. The maximum Gasteiger partial charge on any atom is 0.302 e. The topological polar surface area (TPSA) is 112 Å². The van der Waals surface area contributed by atoms with Gasteiger partial charge >= 0.3 is 11.9 Å². The van der Waals surface area contributed by atoms with Crippen LogP contribution in [0.3, 0.4) is 0 Å². The number of carbonyl (C=O) groups excluding carboxylic acids is 2. The number of phenolic OH excluding ortho intramolecular Hbond substituents is 2. The fourth-order valence-corrected chi connectivity index (χ4v) is 7.16. The van der Waals surface area contributed by atoms with E-state index >= 15 is 0 Å². The van der Waals surface area contributed by atoms with Crippen LogP contribution in [0, 0.1) is 11.3 Å². The first-order chi connectivity index (χ1) is 21.1. The minimum absolute atomic E-state index is 0.0427. The van der Waals surface area contributed by atoms with Crippen molar-refractivity contribution in [1.82, 2.24) is 0 Å². The Bertz CT molecular complexity index is 1530. The van der Waals surface area contributed by atoms with Crippen molar-refractivity contribution in [3.8, 4) is 23.0 Å². The second-order valence-electron chi connectivity index (χ2n) is 11.9. The fraction of sp³-hybridized carbons (Fsp3) is 0.389. The van der Waals surface area contributed by atoms with Crippen LogP contribution in [0.2, 0.25) is 0 Å². The number of allylic oxidation sites excluding steroid dienone is 1. The number of carbonyl (C=O) groups is 2. The molecule has 0 heterocycles. The van der Waals surface area contributed by atoms with Crippen LogP contribution < -0.4 is 9.47 Å². The van der Waals surface area contributed by atoms with Crippen LogP contribution in [0.25, 0.3) is 6.08 Å². The number of esters is 2. The predicted octanol–water partition coefficient (Wildman–Crippen LogP) is 6.36. The van der Waals surface area contributed by atoms with Crippen molar-refractivity contribution < 1.29 is 38.7 Å². The smallest absolute Gasteiger partial charge is 0.302 e. The highest BCUT2D eigenvalue weighted by molar-refractivity contribution is 5.67. The van der Waals surface area contributed by atoms with E-state index in [-0.39, 0.29) is 23.3 Å². The van der Waals surface area contributed by atoms with Crippen LogP contribution in [0.1, 0.15) is 61.3 Å². The number of benzene rings is 3. The van der Waals surface area contributed by atoms with Crippen LogP contribution in [0.4, 0.5) is 0 Å². The molecular formula is C36H40O8. The summed E-state index contributed by atoms with van der Waals surface area (Å²) in [5.74, 6) is -0.224. The Kier molecular flexibility index (Phi) is 9.18. The minimum Gasteiger partial charge on any atom is -0.504 e. The second kappa shape index (κ2) is 13.0. The molecule has 0 spiro atoms. The van der Waals surface area contributed by atoms with Gasteiger partial charge < -0.3 is 29.2 Å². The van der Waals surface area contributed by atoms with Gasteiger partial charge in [-0.3, -0.25) is 9.59 Å². The number of ether oxygens (including phenoxy) is 4. The molecule has 1 saturated carbocycles. The first-order valence-corrected chi connectivity index (χ1v) is 14.9. The normalized spacial score (nSPS) is 24.7. The lowest BCUT2D eigenvalue weighted by atomic mass is 9.56. The average Bonchev–Trinajstić information content (AvgIpc) is 2.98. The van der Waals surface area contributed by atoms with E-state index in [1.54, 1.807) is 12.1 Å². The summed E-state index contributed by atoms with van der Waals surface area (Å²) in [7, 11) is 3.04.